The number of hydrogen-bond donors (Lipinski definition) is 2. The first-order valence-electron chi connectivity index (χ1n) is 6.13. The third-order valence-corrected chi connectivity index (χ3v) is 3.94. The predicted molar refractivity (Wildman–Crippen MR) is 73.8 cm³/mol. The molecule has 1 saturated heterocycles. The Morgan fingerprint density at radius 3 is 2.94 bits per heavy atom. The van der Waals surface area contributed by atoms with Crippen LogP contribution in [0.3, 0.4) is 0 Å². The topological polar surface area (TPSA) is 52.6 Å². The number of nitrogens with one attached hydrogen (secondary N) is 1. The zero-order valence-corrected chi connectivity index (χ0v) is 11.9. The molecule has 1 unspecified atom stereocenters. The van der Waals surface area contributed by atoms with Crippen molar-refractivity contribution < 1.29 is 9.90 Å². The van der Waals surface area contributed by atoms with E-state index in [4.69, 9.17) is 0 Å². The number of hydrogen-bond acceptors (Lipinski definition) is 3. The smallest absolute Gasteiger partial charge is 0.254 e. The Morgan fingerprint density at radius 2 is 2.39 bits per heavy atom. The molecule has 5 heteroatoms. The molecule has 1 amide bonds. The summed E-state index contributed by atoms with van der Waals surface area (Å²) in [6.07, 6.45) is 0.988. The van der Waals surface area contributed by atoms with E-state index < -0.39 is 0 Å². The van der Waals surface area contributed by atoms with Crippen molar-refractivity contribution in [3.05, 3.63) is 28.2 Å². The number of carbonyl (C=O) groups excluding carboxylic acids is 1. The van der Waals surface area contributed by atoms with Gasteiger partial charge in [-0.25, -0.2) is 0 Å². The van der Waals surface area contributed by atoms with Gasteiger partial charge in [0.1, 0.15) is 5.75 Å². The number of aromatic hydroxyl groups is 1. The first kappa shape index (κ1) is 13.4. The molecule has 1 aliphatic rings. The van der Waals surface area contributed by atoms with E-state index >= 15 is 0 Å². The van der Waals surface area contributed by atoms with Crippen molar-refractivity contribution in [3.63, 3.8) is 0 Å². The van der Waals surface area contributed by atoms with Crippen LogP contribution in [-0.4, -0.2) is 41.6 Å². The minimum absolute atomic E-state index is 0.0194. The highest BCUT2D eigenvalue weighted by atomic mass is 79.9. The molecule has 1 aromatic rings. The number of phenols is 1. The lowest BCUT2D eigenvalue weighted by Crippen LogP contribution is -2.41. The molecule has 18 heavy (non-hydrogen) atoms. The zero-order chi connectivity index (χ0) is 13.1. The van der Waals surface area contributed by atoms with Crippen molar-refractivity contribution >= 4 is 21.8 Å². The quantitative estimate of drug-likeness (QED) is 0.897. The van der Waals surface area contributed by atoms with Crippen LogP contribution in [0.25, 0.3) is 0 Å². The Kier molecular flexibility index (Phi) is 4.24. The third kappa shape index (κ3) is 2.67. The standard InChI is InChI=1S/C13H17BrN2O2/c1-2-16(10-5-6-15-8-10)13(18)9-3-4-11(14)12(17)7-9/h3-4,7,10,15,17H,2,5-6,8H2,1H3. The van der Waals surface area contributed by atoms with Gasteiger partial charge in [-0.05, 0) is 54.0 Å². The second-order valence-corrected chi connectivity index (χ2v) is 5.26. The van der Waals surface area contributed by atoms with E-state index in [0.29, 0.717) is 16.6 Å². The molecular formula is C13H17BrN2O2. The van der Waals surface area contributed by atoms with Gasteiger partial charge in [0.05, 0.1) is 4.47 Å². The summed E-state index contributed by atoms with van der Waals surface area (Å²) >= 11 is 3.21. The zero-order valence-electron chi connectivity index (χ0n) is 10.3. The maximum atomic E-state index is 12.4. The Labute approximate surface area is 115 Å². The molecule has 1 fully saturated rings. The van der Waals surface area contributed by atoms with Crippen LogP contribution in [0.5, 0.6) is 5.75 Å². The molecule has 2 N–H and O–H groups in total. The summed E-state index contributed by atoms with van der Waals surface area (Å²) in [4.78, 5) is 14.3. The Morgan fingerprint density at radius 1 is 1.61 bits per heavy atom. The molecule has 0 bridgehead atoms. The molecule has 0 saturated carbocycles. The number of carbonyl (C=O) groups is 1. The van der Waals surface area contributed by atoms with Crippen LogP contribution >= 0.6 is 15.9 Å². The lowest BCUT2D eigenvalue weighted by atomic mass is 10.1. The van der Waals surface area contributed by atoms with Crippen molar-refractivity contribution in [2.24, 2.45) is 0 Å². The molecule has 1 atom stereocenters. The molecular weight excluding hydrogens is 296 g/mol. The molecule has 2 rings (SSSR count). The number of benzene rings is 1. The fourth-order valence-corrected chi connectivity index (χ4v) is 2.53. The van der Waals surface area contributed by atoms with Gasteiger partial charge >= 0.3 is 0 Å². The first-order valence-corrected chi connectivity index (χ1v) is 6.93. The normalized spacial score (nSPS) is 18.9. The molecule has 0 aromatic heterocycles. The van der Waals surface area contributed by atoms with Crippen molar-refractivity contribution in [2.75, 3.05) is 19.6 Å². The van der Waals surface area contributed by atoms with Gasteiger partial charge in [-0.3, -0.25) is 4.79 Å². The number of amides is 1. The van der Waals surface area contributed by atoms with Crippen molar-refractivity contribution in [1.29, 1.82) is 0 Å². The molecule has 4 nitrogen and oxygen atoms in total. The average molecular weight is 313 g/mol. The van der Waals surface area contributed by atoms with Gasteiger partial charge in [-0.1, -0.05) is 0 Å². The lowest BCUT2D eigenvalue weighted by molar-refractivity contribution is 0.0703. The summed E-state index contributed by atoms with van der Waals surface area (Å²) < 4.78 is 0.602. The highest BCUT2D eigenvalue weighted by Gasteiger charge is 2.26. The largest absolute Gasteiger partial charge is 0.507 e. The van der Waals surface area contributed by atoms with E-state index in [1.165, 1.54) is 6.07 Å². The Bertz CT molecular complexity index is 445. The molecule has 1 aromatic carbocycles. The number of rotatable bonds is 3. The van der Waals surface area contributed by atoms with E-state index in [1.807, 2.05) is 11.8 Å². The third-order valence-electron chi connectivity index (χ3n) is 3.27. The van der Waals surface area contributed by atoms with E-state index in [1.54, 1.807) is 12.1 Å². The van der Waals surface area contributed by atoms with Gasteiger partial charge in [0.2, 0.25) is 0 Å². The second kappa shape index (κ2) is 5.71. The average Bonchev–Trinajstić information content (AvgIpc) is 2.87. The van der Waals surface area contributed by atoms with Crippen LogP contribution in [0, 0.1) is 0 Å². The van der Waals surface area contributed by atoms with E-state index in [2.05, 4.69) is 21.2 Å². The number of likely N-dealkylation sites (N-methyl/N-ethyl adjacent to an activating group) is 1. The lowest BCUT2D eigenvalue weighted by Gasteiger charge is -2.27. The summed E-state index contributed by atoms with van der Waals surface area (Å²) in [5.41, 5.74) is 0.532. The van der Waals surface area contributed by atoms with Gasteiger partial charge in [0, 0.05) is 24.7 Å². The number of phenolic OH excluding ortho intramolecular Hbond substituents is 1. The van der Waals surface area contributed by atoms with Crippen LogP contribution in [0.1, 0.15) is 23.7 Å². The Balaban J connectivity index is 2.19. The summed E-state index contributed by atoms with van der Waals surface area (Å²) in [6, 6.07) is 5.20. The maximum absolute atomic E-state index is 12.4. The fraction of sp³-hybridized carbons (Fsp3) is 0.462. The van der Waals surface area contributed by atoms with Gasteiger partial charge in [-0.15, -0.1) is 0 Å². The molecule has 0 aliphatic carbocycles. The van der Waals surface area contributed by atoms with E-state index in [0.717, 1.165) is 19.5 Å². The van der Waals surface area contributed by atoms with Crippen LogP contribution in [-0.2, 0) is 0 Å². The van der Waals surface area contributed by atoms with Gasteiger partial charge < -0.3 is 15.3 Å². The molecule has 1 aliphatic heterocycles. The molecule has 0 radical (unpaired) electrons. The predicted octanol–water partition coefficient (Wildman–Crippen LogP) is 1.98. The molecule has 0 spiro atoms. The van der Waals surface area contributed by atoms with Crippen LogP contribution in [0.15, 0.2) is 22.7 Å². The van der Waals surface area contributed by atoms with E-state index in [-0.39, 0.29) is 17.7 Å². The summed E-state index contributed by atoms with van der Waals surface area (Å²) in [7, 11) is 0. The maximum Gasteiger partial charge on any atom is 0.254 e. The summed E-state index contributed by atoms with van der Waals surface area (Å²) in [6.45, 7) is 4.47. The van der Waals surface area contributed by atoms with Crippen molar-refractivity contribution in [1.82, 2.24) is 10.2 Å². The SMILES string of the molecule is CCN(C(=O)c1ccc(Br)c(O)c1)C1CCNC1. The van der Waals surface area contributed by atoms with E-state index in [9.17, 15) is 9.90 Å². The monoisotopic (exact) mass is 312 g/mol. The Hall–Kier alpha value is -1.07. The van der Waals surface area contributed by atoms with Crippen LogP contribution in [0.4, 0.5) is 0 Å². The second-order valence-electron chi connectivity index (χ2n) is 4.40. The van der Waals surface area contributed by atoms with Crippen LogP contribution in [0.2, 0.25) is 0 Å². The highest BCUT2D eigenvalue weighted by molar-refractivity contribution is 9.10. The number of nitrogens with zero attached hydrogens (tertiary/aromatic N) is 1. The highest BCUT2D eigenvalue weighted by Crippen LogP contribution is 2.25. The minimum atomic E-state index is -0.0194. The van der Waals surface area contributed by atoms with Crippen LogP contribution < -0.4 is 5.32 Å². The van der Waals surface area contributed by atoms with Gasteiger partial charge in [0.25, 0.3) is 5.91 Å². The van der Waals surface area contributed by atoms with Gasteiger partial charge in [0.15, 0.2) is 0 Å². The summed E-state index contributed by atoms with van der Waals surface area (Å²) in [5.74, 6) is 0.0791. The van der Waals surface area contributed by atoms with Gasteiger partial charge in [-0.2, -0.15) is 0 Å². The van der Waals surface area contributed by atoms with Crippen molar-refractivity contribution in [2.45, 2.75) is 19.4 Å². The number of halogens is 1. The molecule has 1 heterocycles. The van der Waals surface area contributed by atoms with Crippen molar-refractivity contribution in [3.8, 4) is 5.75 Å². The first-order chi connectivity index (χ1) is 8.63. The fourth-order valence-electron chi connectivity index (χ4n) is 2.28. The minimum Gasteiger partial charge on any atom is -0.507 e. The molecule has 98 valence electrons. The summed E-state index contributed by atoms with van der Waals surface area (Å²) in [5, 5.41) is 12.9.